The summed E-state index contributed by atoms with van der Waals surface area (Å²) < 4.78 is 38.2. The zero-order valence-electron chi connectivity index (χ0n) is 21.0. The minimum atomic E-state index is -4.57. The van der Waals surface area contributed by atoms with E-state index in [1.165, 1.54) is 6.07 Å². The van der Waals surface area contributed by atoms with Crippen LogP contribution in [0.5, 0.6) is 11.5 Å². The molecule has 0 aliphatic heterocycles. The summed E-state index contributed by atoms with van der Waals surface area (Å²) in [6.07, 6.45) is 0. The number of anilines is 1. The van der Waals surface area contributed by atoms with Crippen molar-refractivity contribution in [2.75, 3.05) is 11.9 Å². The molecule has 4 aromatic rings. The van der Waals surface area contributed by atoms with Gasteiger partial charge in [0.1, 0.15) is 5.75 Å². The van der Waals surface area contributed by atoms with Crippen molar-refractivity contribution in [1.29, 1.82) is 0 Å². The Balaban J connectivity index is 0.00000420. The van der Waals surface area contributed by atoms with Crippen LogP contribution < -0.4 is 44.7 Å². The fraction of sp³-hybridized carbons (Fsp3) is 0.115. The van der Waals surface area contributed by atoms with E-state index in [4.69, 9.17) is 27.9 Å². The number of rotatable bonds is 7. The van der Waals surface area contributed by atoms with Gasteiger partial charge in [0.15, 0.2) is 0 Å². The van der Waals surface area contributed by atoms with Gasteiger partial charge in [-0.15, -0.1) is 0 Å². The van der Waals surface area contributed by atoms with Crippen molar-refractivity contribution in [3.8, 4) is 11.5 Å². The number of halogens is 2. The number of amides is 1. The molecule has 0 spiro atoms. The average molecular weight is 596 g/mol. The molecule has 0 radical (unpaired) electrons. The molecule has 0 saturated heterocycles. The Hall–Kier alpha value is -2.70. The number of hydrogen-bond donors (Lipinski definition) is 2. The van der Waals surface area contributed by atoms with E-state index in [-0.39, 0.29) is 51.5 Å². The predicted octanol–water partition coefficient (Wildman–Crippen LogP) is 3.85. The minimum Gasteiger partial charge on any atom is -0.870 e. The van der Waals surface area contributed by atoms with Gasteiger partial charge in [0.2, 0.25) is 0 Å². The predicted molar refractivity (Wildman–Crippen MR) is 144 cm³/mol. The Kier molecular flexibility index (Phi) is 10.0. The number of hydrogen-bond acceptors (Lipinski definition) is 7. The standard InChI is InChI=1S/C26H21Cl2N3O6S.Na/c1-3-37-23-11-16(27)8-9-21(23)29-26(33)19-10-15-6-4-5-7-18(15)24(25(19)32)31-30-22-13-17(38(34,35)36)12-20(28)14(22)2;/h4-13,32H,3H2,1-2H3,(H,29,33)(H,34,35,36);/q;+1/p-1. The Bertz CT molecular complexity index is 1710. The van der Waals surface area contributed by atoms with Crippen molar-refractivity contribution in [1.82, 2.24) is 0 Å². The van der Waals surface area contributed by atoms with Gasteiger partial charge in [-0.1, -0.05) is 53.2 Å². The summed E-state index contributed by atoms with van der Waals surface area (Å²) in [7, 11) is -4.57. The van der Waals surface area contributed by atoms with E-state index in [0.29, 0.717) is 39.4 Å². The monoisotopic (exact) mass is 595 g/mol. The quantitative estimate of drug-likeness (QED) is 0.189. The van der Waals surface area contributed by atoms with E-state index in [1.54, 1.807) is 56.3 Å². The van der Waals surface area contributed by atoms with Crippen LogP contribution in [0.3, 0.4) is 0 Å². The smallest absolute Gasteiger partial charge is 0.870 e. The number of azo groups is 1. The molecule has 4 rings (SSSR count). The van der Waals surface area contributed by atoms with E-state index >= 15 is 0 Å². The Morgan fingerprint density at radius 3 is 2.49 bits per heavy atom. The van der Waals surface area contributed by atoms with Crippen molar-refractivity contribution in [2.24, 2.45) is 10.2 Å². The Morgan fingerprint density at radius 2 is 1.79 bits per heavy atom. The molecule has 0 unspecified atom stereocenters. The molecule has 0 aliphatic carbocycles. The Labute approximate surface area is 256 Å². The first-order chi connectivity index (χ1) is 18.0. The Morgan fingerprint density at radius 1 is 1.08 bits per heavy atom. The van der Waals surface area contributed by atoms with E-state index < -0.39 is 26.7 Å². The summed E-state index contributed by atoms with van der Waals surface area (Å²) >= 11 is 12.1. The van der Waals surface area contributed by atoms with E-state index in [2.05, 4.69) is 15.5 Å². The number of fused-ring (bicyclic) bond motifs is 1. The molecule has 39 heavy (non-hydrogen) atoms. The van der Waals surface area contributed by atoms with Crippen molar-refractivity contribution in [3.63, 3.8) is 0 Å². The molecule has 0 heterocycles. The maximum Gasteiger partial charge on any atom is 1.00 e. The second-order valence-corrected chi connectivity index (χ2v) is 10.3. The van der Waals surface area contributed by atoms with Crippen LogP contribution in [0.1, 0.15) is 22.8 Å². The summed E-state index contributed by atoms with van der Waals surface area (Å²) in [4.78, 5) is 12.7. The zero-order chi connectivity index (χ0) is 27.6. The topological polar surface area (TPSA) is 140 Å². The SMILES string of the molecule is CCOc1cc(Cl)ccc1NC(=O)c1cc2ccccc2c(N=Nc2cc(S(=O)(=O)O)cc(Cl)c2C)c1[O-].[Na+]. The van der Waals surface area contributed by atoms with Gasteiger partial charge >= 0.3 is 29.6 Å². The van der Waals surface area contributed by atoms with Crippen LogP contribution in [0, 0.1) is 6.92 Å². The molecule has 0 bridgehead atoms. The number of ether oxygens (including phenoxy) is 1. The molecule has 13 heteroatoms. The number of carbonyl (C=O) groups is 1. The third-order valence-corrected chi connectivity index (χ3v) is 7.02. The molecular formula is C26H20Cl2N3NaO6S. The molecule has 0 aliphatic rings. The van der Waals surface area contributed by atoms with Crippen molar-refractivity contribution < 1.29 is 57.2 Å². The number of nitrogens with one attached hydrogen (secondary N) is 1. The van der Waals surface area contributed by atoms with Crippen LogP contribution in [0.25, 0.3) is 10.8 Å². The van der Waals surface area contributed by atoms with Gasteiger partial charge < -0.3 is 15.2 Å². The average Bonchev–Trinajstić information content (AvgIpc) is 2.86. The second-order valence-electron chi connectivity index (χ2n) is 8.07. The van der Waals surface area contributed by atoms with Crippen LogP contribution in [0.2, 0.25) is 10.0 Å². The van der Waals surface area contributed by atoms with Gasteiger partial charge in [-0.2, -0.15) is 18.6 Å². The van der Waals surface area contributed by atoms with Crippen molar-refractivity contribution in [3.05, 3.63) is 81.8 Å². The molecule has 2 N–H and O–H groups in total. The van der Waals surface area contributed by atoms with Gasteiger partial charge in [-0.05, 0) is 55.1 Å². The first kappa shape index (κ1) is 30.8. The summed E-state index contributed by atoms with van der Waals surface area (Å²) in [6.45, 7) is 3.69. The molecular weight excluding hydrogens is 576 g/mol. The van der Waals surface area contributed by atoms with Gasteiger partial charge in [-0.3, -0.25) is 9.35 Å². The van der Waals surface area contributed by atoms with E-state index in [9.17, 15) is 22.9 Å². The molecule has 4 aromatic carbocycles. The third kappa shape index (κ3) is 6.90. The van der Waals surface area contributed by atoms with Crippen LogP contribution in [-0.2, 0) is 10.1 Å². The van der Waals surface area contributed by atoms with E-state index in [0.717, 1.165) is 12.1 Å². The maximum absolute atomic E-state index is 13.4. The molecule has 0 atom stereocenters. The van der Waals surface area contributed by atoms with Crippen molar-refractivity contribution >= 4 is 67.1 Å². The van der Waals surface area contributed by atoms with Gasteiger partial charge in [0.05, 0.1) is 28.6 Å². The number of nitrogens with zero attached hydrogens (tertiary/aromatic N) is 2. The molecule has 0 aromatic heterocycles. The molecule has 196 valence electrons. The third-order valence-electron chi connectivity index (χ3n) is 5.56. The largest absolute Gasteiger partial charge is 1.00 e. The van der Waals surface area contributed by atoms with Gasteiger partial charge in [0, 0.05) is 27.1 Å². The fourth-order valence-corrected chi connectivity index (χ4v) is 4.61. The maximum atomic E-state index is 13.4. The number of carbonyl (C=O) groups excluding carboxylic acids is 1. The minimum absolute atomic E-state index is 0. The zero-order valence-corrected chi connectivity index (χ0v) is 25.4. The summed E-state index contributed by atoms with van der Waals surface area (Å²) in [5, 5.41) is 25.7. The molecule has 0 fully saturated rings. The normalized spacial score (nSPS) is 11.4. The molecule has 0 saturated carbocycles. The fourth-order valence-electron chi connectivity index (χ4n) is 3.64. The van der Waals surface area contributed by atoms with Crippen LogP contribution in [0.15, 0.2) is 75.8 Å². The number of benzene rings is 4. The molecule has 1 amide bonds. The van der Waals surface area contributed by atoms with Crippen molar-refractivity contribution in [2.45, 2.75) is 18.7 Å². The summed E-state index contributed by atoms with van der Waals surface area (Å²) in [6, 6.07) is 15.1. The van der Waals surface area contributed by atoms with Gasteiger partial charge in [0.25, 0.3) is 16.0 Å². The first-order valence-electron chi connectivity index (χ1n) is 11.2. The van der Waals surface area contributed by atoms with Crippen LogP contribution in [0.4, 0.5) is 17.1 Å². The summed E-state index contributed by atoms with van der Waals surface area (Å²) in [5.74, 6) is -1.06. The van der Waals surface area contributed by atoms with E-state index in [1.807, 2.05) is 0 Å². The van der Waals surface area contributed by atoms with Gasteiger partial charge in [-0.25, -0.2) is 0 Å². The first-order valence-corrected chi connectivity index (χ1v) is 13.3. The van der Waals surface area contributed by atoms with Crippen LogP contribution >= 0.6 is 23.2 Å². The second kappa shape index (κ2) is 12.6. The van der Waals surface area contributed by atoms with Crippen LogP contribution in [-0.4, -0.2) is 25.5 Å². The molecule has 9 nitrogen and oxygen atoms in total. The summed E-state index contributed by atoms with van der Waals surface area (Å²) in [5.41, 5.74) is 0.383.